The molecule has 2 aromatic carbocycles. The van der Waals surface area contributed by atoms with Crippen LogP contribution in [-0.2, 0) is 9.59 Å². The highest BCUT2D eigenvalue weighted by Gasteiger charge is 2.36. The Balaban J connectivity index is 1.76. The summed E-state index contributed by atoms with van der Waals surface area (Å²) in [6.45, 7) is 7.39. The first-order valence-electron chi connectivity index (χ1n) is 10.8. The van der Waals surface area contributed by atoms with Gasteiger partial charge in [0.25, 0.3) is 11.1 Å². The number of ether oxygens (including phenoxy) is 2. The van der Waals surface area contributed by atoms with Gasteiger partial charge in [-0.05, 0) is 74.4 Å². The highest BCUT2D eigenvalue weighted by molar-refractivity contribution is 8.18. The Morgan fingerprint density at radius 2 is 1.97 bits per heavy atom. The van der Waals surface area contributed by atoms with E-state index in [4.69, 9.17) is 21.1 Å². The number of carbonyl (C=O) groups excluding carboxylic acids is 3. The van der Waals surface area contributed by atoms with Crippen LogP contribution in [0.4, 0.5) is 10.5 Å². The van der Waals surface area contributed by atoms with Gasteiger partial charge in [0.2, 0.25) is 5.91 Å². The van der Waals surface area contributed by atoms with E-state index in [2.05, 4.69) is 5.32 Å². The van der Waals surface area contributed by atoms with Gasteiger partial charge in [-0.25, -0.2) is 0 Å². The van der Waals surface area contributed by atoms with Crippen molar-refractivity contribution in [2.75, 3.05) is 19.0 Å². The molecule has 7 nitrogen and oxygen atoms in total. The van der Waals surface area contributed by atoms with Gasteiger partial charge >= 0.3 is 0 Å². The average Bonchev–Trinajstić information content (AvgIpc) is 3.04. The van der Waals surface area contributed by atoms with Gasteiger partial charge < -0.3 is 14.8 Å². The SMILES string of the molecule is CC[C@H](C)Oc1c(Cl)cc(/C=C2\SC(=O)N(CC(=O)Nc3ccc(C)cc3C)C2=O)cc1OC. The monoisotopic (exact) mass is 502 g/mol. The van der Waals surface area contributed by atoms with E-state index in [0.29, 0.717) is 27.8 Å². The number of methoxy groups -OCH3 is 1. The predicted octanol–water partition coefficient (Wildman–Crippen LogP) is 5.82. The van der Waals surface area contributed by atoms with Crippen LogP contribution in [0.15, 0.2) is 35.2 Å². The predicted molar refractivity (Wildman–Crippen MR) is 136 cm³/mol. The van der Waals surface area contributed by atoms with Crippen LogP contribution in [0.25, 0.3) is 6.08 Å². The Kier molecular flexibility index (Phi) is 8.28. The zero-order valence-electron chi connectivity index (χ0n) is 19.7. The summed E-state index contributed by atoms with van der Waals surface area (Å²) >= 11 is 7.18. The molecule has 1 fully saturated rings. The number of amides is 3. The number of halogens is 1. The quantitative estimate of drug-likeness (QED) is 0.458. The third-order valence-corrected chi connectivity index (χ3v) is 6.46. The van der Waals surface area contributed by atoms with E-state index in [-0.39, 0.29) is 17.6 Å². The minimum Gasteiger partial charge on any atom is -0.493 e. The maximum absolute atomic E-state index is 12.9. The maximum Gasteiger partial charge on any atom is 0.294 e. The molecule has 0 aromatic heterocycles. The van der Waals surface area contributed by atoms with Gasteiger partial charge in [0.1, 0.15) is 6.54 Å². The molecule has 1 saturated heterocycles. The number of nitrogens with one attached hydrogen (secondary N) is 1. The summed E-state index contributed by atoms with van der Waals surface area (Å²) in [6.07, 6.45) is 2.29. The minimum absolute atomic E-state index is 0.0522. The fourth-order valence-corrected chi connectivity index (χ4v) is 4.40. The lowest BCUT2D eigenvalue weighted by Crippen LogP contribution is -2.36. The number of benzene rings is 2. The van der Waals surface area contributed by atoms with Crippen LogP contribution in [0.5, 0.6) is 11.5 Å². The summed E-state index contributed by atoms with van der Waals surface area (Å²) in [5.41, 5.74) is 3.18. The first-order chi connectivity index (χ1) is 16.1. The molecule has 0 unspecified atom stereocenters. The Labute approximate surface area is 208 Å². The number of rotatable bonds is 8. The van der Waals surface area contributed by atoms with Crippen LogP contribution in [0.2, 0.25) is 5.02 Å². The average molecular weight is 503 g/mol. The molecule has 0 aliphatic carbocycles. The molecule has 9 heteroatoms. The second kappa shape index (κ2) is 11.0. The highest BCUT2D eigenvalue weighted by Crippen LogP contribution is 2.39. The zero-order valence-corrected chi connectivity index (χ0v) is 21.3. The number of hydrogen-bond donors (Lipinski definition) is 1. The summed E-state index contributed by atoms with van der Waals surface area (Å²) in [4.78, 5) is 38.9. The topological polar surface area (TPSA) is 84.9 Å². The number of anilines is 1. The maximum atomic E-state index is 12.9. The number of aryl methyl sites for hydroxylation is 2. The van der Waals surface area contributed by atoms with Crippen molar-refractivity contribution in [2.24, 2.45) is 0 Å². The number of carbonyl (C=O) groups is 3. The molecule has 1 N–H and O–H groups in total. The van der Waals surface area contributed by atoms with Gasteiger partial charge in [-0.3, -0.25) is 19.3 Å². The molecule has 1 aliphatic heterocycles. The summed E-state index contributed by atoms with van der Waals surface area (Å²) in [5, 5.41) is 2.58. The van der Waals surface area contributed by atoms with E-state index in [1.54, 1.807) is 24.3 Å². The van der Waals surface area contributed by atoms with Crippen LogP contribution in [0.1, 0.15) is 37.0 Å². The molecule has 0 spiro atoms. The van der Waals surface area contributed by atoms with Crippen LogP contribution in [-0.4, -0.2) is 41.7 Å². The molecule has 3 rings (SSSR count). The minimum atomic E-state index is -0.541. The third-order valence-electron chi connectivity index (χ3n) is 5.27. The van der Waals surface area contributed by atoms with E-state index < -0.39 is 17.1 Å². The zero-order chi connectivity index (χ0) is 25.0. The molecule has 0 radical (unpaired) electrons. The Morgan fingerprint density at radius 1 is 1.24 bits per heavy atom. The summed E-state index contributed by atoms with van der Waals surface area (Å²) < 4.78 is 11.3. The van der Waals surface area contributed by atoms with Gasteiger partial charge in [-0.15, -0.1) is 0 Å². The van der Waals surface area contributed by atoms with E-state index in [0.717, 1.165) is 34.2 Å². The molecule has 0 bridgehead atoms. The smallest absolute Gasteiger partial charge is 0.294 e. The number of nitrogens with zero attached hydrogens (tertiary/aromatic N) is 1. The lowest BCUT2D eigenvalue weighted by molar-refractivity contribution is -0.127. The van der Waals surface area contributed by atoms with Gasteiger partial charge in [-0.1, -0.05) is 36.2 Å². The van der Waals surface area contributed by atoms with E-state index >= 15 is 0 Å². The molecule has 1 atom stereocenters. The van der Waals surface area contributed by atoms with Crippen molar-refractivity contribution in [3.05, 3.63) is 56.9 Å². The molecule has 34 heavy (non-hydrogen) atoms. The Hall–Kier alpha value is -2.97. The number of imide groups is 1. The van der Waals surface area contributed by atoms with Gasteiger partial charge in [0.15, 0.2) is 11.5 Å². The van der Waals surface area contributed by atoms with Crippen molar-refractivity contribution in [2.45, 2.75) is 40.2 Å². The van der Waals surface area contributed by atoms with Crippen LogP contribution in [0.3, 0.4) is 0 Å². The Bertz CT molecular complexity index is 1160. The molecule has 180 valence electrons. The van der Waals surface area contributed by atoms with Crippen molar-refractivity contribution >= 4 is 52.2 Å². The van der Waals surface area contributed by atoms with E-state index in [1.807, 2.05) is 39.8 Å². The second-order valence-corrected chi connectivity index (χ2v) is 9.41. The summed E-state index contributed by atoms with van der Waals surface area (Å²) in [6, 6.07) is 8.94. The fraction of sp³-hybridized carbons (Fsp3) is 0.320. The van der Waals surface area contributed by atoms with Gasteiger partial charge in [0, 0.05) is 5.69 Å². The molecule has 3 amide bonds. The van der Waals surface area contributed by atoms with Crippen LogP contribution >= 0.6 is 23.4 Å². The highest BCUT2D eigenvalue weighted by atomic mass is 35.5. The largest absolute Gasteiger partial charge is 0.493 e. The van der Waals surface area contributed by atoms with Gasteiger partial charge in [0.05, 0.1) is 23.1 Å². The lowest BCUT2D eigenvalue weighted by Gasteiger charge is -2.17. The molecular formula is C25H27ClN2O5S. The molecule has 1 heterocycles. The molecule has 1 aliphatic rings. The van der Waals surface area contributed by atoms with E-state index in [9.17, 15) is 14.4 Å². The first kappa shape index (κ1) is 25.6. The molecule has 0 saturated carbocycles. The molecule has 2 aromatic rings. The van der Waals surface area contributed by atoms with E-state index in [1.165, 1.54) is 7.11 Å². The van der Waals surface area contributed by atoms with Crippen molar-refractivity contribution < 1.29 is 23.9 Å². The second-order valence-electron chi connectivity index (χ2n) is 8.01. The van der Waals surface area contributed by atoms with Crippen molar-refractivity contribution in [3.8, 4) is 11.5 Å². The Morgan fingerprint density at radius 3 is 2.62 bits per heavy atom. The summed E-state index contributed by atoms with van der Waals surface area (Å²) in [5.74, 6) is -0.148. The number of thioether (sulfide) groups is 1. The van der Waals surface area contributed by atoms with Crippen molar-refractivity contribution in [3.63, 3.8) is 0 Å². The summed E-state index contributed by atoms with van der Waals surface area (Å²) in [7, 11) is 1.50. The van der Waals surface area contributed by atoms with Crippen LogP contribution < -0.4 is 14.8 Å². The van der Waals surface area contributed by atoms with Gasteiger partial charge in [-0.2, -0.15) is 0 Å². The molecular weight excluding hydrogens is 476 g/mol. The third kappa shape index (κ3) is 5.93. The van der Waals surface area contributed by atoms with Crippen LogP contribution in [0, 0.1) is 13.8 Å². The lowest BCUT2D eigenvalue weighted by atomic mass is 10.1. The van der Waals surface area contributed by atoms with Crippen molar-refractivity contribution in [1.82, 2.24) is 4.90 Å². The fourth-order valence-electron chi connectivity index (χ4n) is 3.30. The number of hydrogen-bond acceptors (Lipinski definition) is 6. The normalized spacial score (nSPS) is 15.6. The first-order valence-corrected chi connectivity index (χ1v) is 12.0. The standard InChI is InChI=1S/C25H27ClN2O5S/c1-6-16(4)33-23-18(26)10-17(11-20(23)32-5)12-21-24(30)28(25(31)34-21)13-22(29)27-19-8-7-14(2)9-15(19)3/h7-12,16H,6,13H2,1-5H3,(H,27,29)/b21-12-/t16-/m0/s1. The van der Waals surface area contributed by atoms with Crippen molar-refractivity contribution in [1.29, 1.82) is 0 Å².